The highest BCUT2D eigenvalue weighted by atomic mass is 35.5. The highest BCUT2D eigenvalue weighted by Gasteiger charge is 2.11. The monoisotopic (exact) mass is 223 g/mol. The normalized spacial score (nSPS) is 13.9. The fourth-order valence-electron chi connectivity index (χ4n) is 1.54. The molecule has 0 spiro atoms. The molecular weight excluding hydrogens is 209 g/mol. The third-order valence-corrected chi connectivity index (χ3v) is 2.18. The number of hydrogen-bond donors (Lipinski definition) is 1. The molecule has 0 aromatic carbocycles. The van der Waals surface area contributed by atoms with Gasteiger partial charge in [-0.1, -0.05) is 6.92 Å². The highest BCUT2D eigenvalue weighted by molar-refractivity contribution is 5.85. The minimum absolute atomic E-state index is 0. The van der Waals surface area contributed by atoms with Crippen LogP contribution in [0.15, 0.2) is 6.20 Å². The van der Waals surface area contributed by atoms with E-state index in [-0.39, 0.29) is 24.8 Å². The molecule has 1 N–H and O–H groups in total. The van der Waals surface area contributed by atoms with Gasteiger partial charge in [0.1, 0.15) is 5.82 Å². The van der Waals surface area contributed by atoms with E-state index >= 15 is 0 Å². The van der Waals surface area contributed by atoms with E-state index in [1.807, 2.05) is 6.20 Å². The number of nitrogens with one attached hydrogen (secondary N) is 1. The summed E-state index contributed by atoms with van der Waals surface area (Å²) in [5, 5.41) is 3.30. The molecule has 1 aromatic rings. The first-order valence-electron chi connectivity index (χ1n) is 4.16. The lowest BCUT2D eigenvalue weighted by molar-refractivity contribution is 0.495. The summed E-state index contributed by atoms with van der Waals surface area (Å²) in [5.74, 6) is 1.19. The Morgan fingerprint density at radius 1 is 1.54 bits per heavy atom. The van der Waals surface area contributed by atoms with Crippen molar-refractivity contribution in [2.24, 2.45) is 0 Å². The lowest BCUT2D eigenvalue weighted by Gasteiger charge is -2.16. The molecule has 0 saturated carbocycles. The van der Waals surface area contributed by atoms with Gasteiger partial charge in [-0.25, -0.2) is 4.98 Å². The topological polar surface area (TPSA) is 29.9 Å². The molecule has 0 unspecified atom stereocenters. The van der Waals surface area contributed by atoms with E-state index in [1.54, 1.807) is 0 Å². The van der Waals surface area contributed by atoms with E-state index in [2.05, 4.69) is 21.8 Å². The average Bonchev–Trinajstić information content (AvgIpc) is 2.47. The summed E-state index contributed by atoms with van der Waals surface area (Å²) in [6, 6.07) is 0. The van der Waals surface area contributed by atoms with Crippen molar-refractivity contribution >= 4 is 24.8 Å². The summed E-state index contributed by atoms with van der Waals surface area (Å²) in [6.07, 6.45) is 3.08. The van der Waals surface area contributed by atoms with Gasteiger partial charge >= 0.3 is 0 Å². The predicted octanol–water partition coefficient (Wildman–Crippen LogP) is 1.39. The summed E-state index contributed by atoms with van der Waals surface area (Å²) < 4.78 is 2.32. The zero-order valence-electron chi connectivity index (χ0n) is 7.62. The standard InChI is InChI=1S/C8H13N3.2ClH/c1-2-7-5-10-8-6-9-3-4-11(7)8;;/h5,9H,2-4,6H2,1H3;2*1H. The van der Waals surface area contributed by atoms with Crippen molar-refractivity contribution in [3.63, 3.8) is 0 Å². The van der Waals surface area contributed by atoms with Gasteiger partial charge in [-0.05, 0) is 6.42 Å². The lowest BCUT2D eigenvalue weighted by atomic mass is 10.3. The van der Waals surface area contributed by atoms with Gasteiger partial charge in [-0.2, -0.15) is 0 Å². The predicted molar refractivity (Wildman–Crippen MR) is 57.8 cm³/mol. The first kappa shape index (κ1) is 12.8. The van der Waals surface area contributed by atoms with Gasteiger partial charge in [0.25, 0.3) is 0 Å². The molecule has 0 bridgehead atoms. The highest BCUT2D eigenvalue weighted by Crippen LogP contribution is 2.08. The molecule has 2 heterocycles. The van der Waals surface area contributed by atoms with Crippen LogP contribution in [0.3, 0.4) is 0 Å². The molecule has 5 heteroatoms. The summed E-state index contributed by atoms with van der Waals surface area (Å²) in [6.45, 7) is 5.27. The second kappa shape index (κ2) is 5.47. The molecule has 1 aromatic heterocycles. The number of halogens is 2. The Hall–Kier alpha value is -0.250. The molecule has 2 rings (SSSR count). The summed E-state index contributed by atoms with van der Waals surface area (Å²) in [4.78, 5) is 4.33. The van der Waals surface area contributed by atoms with Gasteiger partial charge in [-0.3, -0.25) is 0 Å². The van der Waals surface area contributed by atoms with Crippen molar-refractivity contribution in [2.75, 3.05) is 6.54 Å². The second-order valence-electron chi connectivity index (χ2n) is 2.85. The van der Waals surface area contributed by atoms with Crippen LogP contribution in [0.5, 0.6) is 0 Å². The molecule has 0 aliphatic carbocycles. The van der Waals surface area contributed by atoms with E-state index < -0.39 is 0 Å². The van der Waals surface area contributed by atoms with Crippen LogP contribution in [0.1, 0.15) is 18.4 Å². The number of nitrogens with zero attached hydrogens (tertiary/aromatic N) is 2. The quantitative estimate of drug-likeness (QED) is 0.781. The van der Waals surface area contributed by atoms with Gasteiger partial charge in [0.05, 0.1) is 6.54 Å². The number of rotatable bonds is 1. The van der Waals surface area contributed by atoms with Crippen LogP contribution in [-0.2, 0) is 19.5 Å². The van der Waals surface area contributed by atoms with Crippen molar-refractivity contribution in [2.45, 2.75) is 26.4 Å². The minimum atomic E-state index is 0. The largest absolute Gasteiger partial charge is 0.330 e. The summed E-state index contributed by atoms with van der Waals surface area (Å²) >= 11 is 0. The van der Waals surface area contributed by atoms with Gasteiger partial charge in [-0.15, -0.1) is 24.8 Å². The maximum atomic E-state index is 4.33. The summed E-state index contributed by atoms with van der Waals surface area (Å²) in [5.41, 5.74) is 1.36. The lowest BCUT2D eigenvalue weighted by Crippen LogP contribution is -2.29. The Kier molecular flexibility index (Phi) is 5.37. The SMILES string of the molecule is CCc1cnc2n1CCNC2.Cl.Cl. The molecule has 3 nitrogen and oxygen atoms in total. The molecule has 0 amide bonds. The van der Waals surface area contributed by atoms with E-state index in [0.717, 1.165) is 26.1 Å². The average molecular weight is 224 g/mol. The Labute approximate surface area is 90.7 Å². The first-order valence-corrected chi connectivity index (χ1v) is 4.16. The molecule has 0 radical (unpaired) electrons. The molecule has 76 valence electrons. The Morgan fingerprint density at radius 2 is 2.31 bits per heavy atom. The minimum Gasteiger partial charge on any atom is -0.330 e. The number of aromatic nitrogens is 2. The zero-order chi connectivity index (χ0) is 7.68. The fourth-order valence-corrected chi connectivity index (χ4v) is 1.54. The number of aryl methyl sites for hydroxylation is 1. The van der Waals surface area contributed by atoms with Crippen molar-refractivity contribution in [3.8, 4) is 0 Å². The Balaban J connectivity index is 0.000000720. The van der Waals surface area contributed by atoms with Gasteiger partial charge < -0.3 is 9.88 Å². The zero-order valence-corrected chi connectivity index (χ0v) is 9.25. The van der Waals surface area contributed by atoms with Crippen molar-refractivity contribution in [1.29, 1.82) is 0 Å². The fraction of sp³-hybridized carbons (Fsp3) is 0.625. The van der Waals surface area contributed by atoms with Gasteiger partial charge in [0, 0.05) is 25.0 Å². The van der Waals surface area contributed by atoms with Gasteiger partial charge in [0.2, 0.25) is 0 Å². The van der Waals surface area contributed by atoms with E-state index in [1.165, 1.54) is 11.5 Å². The third-order valence-electron chi connectivity index (χ3n) is 2.18. The summed E-state index contributed by atoms with van der Waals surface area (Å²) in [7, 11) is 0. The van der Waals surface area contributed by atoms with Crippen LogP contribution < -0.4 is 5.32 Å². The van der Waals surface area contributed by atoms with Crippen LogP contribution in [0, 0.1) is 0 Å². The Bertz CT molecular complexity index is 246. The second-order valence-corrected chi connectivity index (χ2v) is 2.85. The molecular formula is C8H15Cl2N3. The van der Waals surface area contributed by atoms with Crippen LogP contribution in [0.25, 0.3) is 0 Å². The van der Waals surface area contributed by atoms with Crippen molar-refractivity contribution in [3.05, 3.63) is 17.7 Å². The van der Waals surface area contributed by atoms with E-state index in [4.69, 9.17) is 0 Å². The van der Waals surface area contributed by atoms with E-state index in [0.29, 0.717) is 0 Å². The van der Waals surface area contributed by atoms with Crippen LogP contribution in [0.4, 0.5) is 0 Å². The third kappa shape index (κ3) is 2.36. The number of fused-ring (bicyclic) bond motifs is 1. The maximum Gasteiger partial charge on any atom is 0.122 e. The van der Waals surface area contributed by atoms with Crippen LogP contribution in [-0.4, -0.2) is 16.1 Å². The molecule has 0 saturated heterocycles. The van der Waals surface area contributed by atoms with Gasteiger partial charge in [0.15, 0.2) is 0 Å². The molecule has 1 aliphatic heterocycles. The smallest absolute Gasteiger partial charge is 0.122 e. The van der Waals surface area contributed by atoms with Crippen molar-refractivity contribution in [1.82, 2.24) is 14.9 Å². The molecule has 0 fully saturated rings. The first-order chi connectivity index (χ1) is 5.42. The van der Waals surface area contributed by atoms with Crippen LogP contribution >= 0.6 is 24.8 Å². The Morgan fingerprint density at radius 3 is 3.00 bits per heavy atom. The molecule has 13 heavy (non-hydrogen) atoms. The number of hydrogen-bond acceptors (Lipinski definition) is 2. The van der Waals surface area contributed by atoms with E-state index in [9.17, 15) is 0 Å². The maximum absolute atomic E-state index is 4.33. The van der Waals surface area contributed by atoms with Crippen LogP contribution in [0.2, 0.25) is 0 Å². The number of imidazole rings is 1. The molecule has 1 aliphatic rings. The van der Waals surface area contributed by atoms with Crippen molar-refractivity contribution < 1.29 is 0 Å². The molecule has 0 atom stereocenters.